The minimum Gasteiger partial charge on any atom is -0.496 e. The summed E-state index contributed by atoms with van der Waals surface area (Å²) in [5.74, 6) is 0.769. The standard InChI is InChI=1S/C26H24N4O4S4/c1-33-23-7-4-3-6-19(23)21-15-37-26(29-21)28-20(22-16-36-25(27-22)24-8-5-13-35-24)14-17-9-11-18(12-10-17)30-38(31,32)34-2/h3-13,15-16,20,30H,14H2,1-2H3,(H,28,29). The fourth-order valence-electron chi connectivity index (χ4n) is 3.79. The van der Waals surface area contributed by atoms with Crippen LogP contribution in [-0.4, -0.2) is 32.6 Å². The Morgan fingerprint density at radius 2 is 1.74 bits per heavy atom. The first kappa shape index (κ1) is 26.3. The van der Waals surface area contributed by atoms with Gasteiger partial charge in [-0.3, -0.25) is 8.91 Å². The molecule has 0 radical (unpaired) electrons. The molecule has 2 N–H and O–H groups in total. The number of aromatic nitrogens is 2. The van der Waals surface area contributed by atoms with Crippen molar-refractivity contribution in [3.05, 3.63) is 88.1 Å². The molecule has 8 nitrogen and oxygen atoms in total. The molecule has 12 heteroatoms. The van der Waals surface area contributed by atoms with Gasteiger partial charge in [-0.05, 0) is 47.7 Å². The second-order valence-corrected chi connectivity index (χ2v) is 12.2. The molecule has 5 rings (SSSR count). The SMILES string of the molecule is COc1ccccc1-c1csc(NC(Cc2ccc(NS(=O)(=O)OC)cc2)c2csc(-c3cccs3)n2)n1. The number of nitrogens with one attached hydrogen (secondary N) is 2. The maximum atomic E-state index is 11.7. The van der Waals surface area contributed by atoms with Crippen LogP contribution in [0.25, 0.3) is 21.1 Å². The summed E-state index contributed by atoms with van der Waals surface area (Å²) in [5, 5.41) is 11.4. The molecule has 0 saturated carbocycles. The molecule has 1 atom stereocenters. The summed E-state index contributed by atoms with van der Waals surface area (Å²) in [6.07, 6.45) is 0.620. The van der Waals surface area contributed by atoms with Crippen LogP contribution in [0, 0.1) is 0 Å². The fraction of sp³-hybridized carbons (Fsp3) is 0.154. The van der Waals surface area contributed by atoms with Crippen molar-refractivity contribution in [3.63, 3.8) is 0 Å². The Labute approximate surface area is 233 Å². The van der Waals surface area contributed by atoms with E-state index in [0.29, 0.717) is 12.1 Å². The van der Waals surface area contributed by atoms with E-state index in [9.17, 15) is 8.42 Å². The topological polar surface area (TPSA) is 102 Å². The summed E-state index contributed by atoms with van der Waals surface area (Å²) < 4.78 is 35.8. The molecular weight excluding hydrogens is 561 g/mol. The number of para-hydroxylation sites is 1. The van der Waals surface area contributed by atoms with Crippen LogP contribution in [-0.2, 0) is 20.9 Å². The quantitative estimate of drug-likeness (QED) is 0.178. The van der Waals surface area contributed by atoms with Gasteiger partial charge in [-0.15, -0.1) is 34.0 Å². The molecule has 0 aliphatic rings. The lowest BCUT2D eigenvalue weighted by atomic mass is 10.0. The summed E-state index contributed by atoms with van der Waals surface area (Å²) >= 11 is 4.79. The lowest BCUT2D eigenvalue weighted by molar-refractivity contribution is 0.402. The number of thiazole rings is 2. The predicted molar refractivity (Wildman–Crippen MR) is 156 cm³/mol. The van der Waals surface area contributed by atoms with Crippen molar-refractivity contribution >= 4 is 55.1 Å². The van der Waals surface area contributed by atoms with E-state index in [0.717, 1.165) is 50.4 Å². The largest absolute Gasteiger partial charge is 0.496 e. The highest BCUT2D eigenvalue weighted by atomic mass is 32.2. The van der Waals surface area contributed by atoms with Gasteiger partial charge >= 0.3 is 10.3 Å². The highest BCUT2D eigenvalue weighted by Crippen LogP contribution is 2.35. The van der Waals surface area contributed by atoms with Gasteiger partial charge in [0.15, 0.2) is 5.13 Å². The molecule has 5 aromatic rings. The minimum atomic E-state index is -3.82. The number of hydrogen-bond donors (Lipinski definition) is 2. The Hall–Kier alpha value is -3.29. The van der Waals surface area contributed by atoms with Crippen LogP contribution in [0.1, 0.15) is 17.3 Å². The molecule has 0 aliphatic carbocycles. The van der Waals surface area contributed by atoms with Gasteiger partial charge in [0.05, 0.1) is 42.2 Å². The predicted octanol–water partition coefficient (Wildman–Crippen LogP) is 6.70. The van der Waals surface area contributed by atoms with Crippen molar-refractivity contribution in [2.75, 3.05) is 24.3 Å². The fourth-order valence-corrected chi connectivity index (χ4v) is 6.75. The van der Waals surface area contributed by atoms with Crippen LogP contribution in [0.2, 0.25) is 0 Å². The number of hydrogen-bond acceptors (Lipinski definition) is 10. The van der Waals surface area contributed by atoms with E-state index < -0.39 is 10.3 Å². The Morgan fingerprint density at radius 3 is 2.47 bits per heavy atom. The highest BCUT2D eigenvalue weighted by molar-refractivity contribution is 7.88. The van der Waals surface area contributed by atoms with Crippen LogP contribution in [0.4, 0.5) is 10.8 Å². The van der Waals surface area contributed by atoms with Crippen molar-refractivity contribution in [1.29, 1.82) is 0 Å². The Kier molecular flexibility index (Phi) is 8.05. The third-order valence-electron chi connectivity index (χ3n) is 5.65. The maximum absolute atomic E-state index is 11.7. The van der Waals surface area contributed by atoms with Crippen LogP contribution >= 0.6 is 34.0 Å². The number of thiophene rings is 1. The first-order chi connectivity index (χ1) is 18.4. The lowest BCUT2D eigenvalue weighted by Crippen LogP contribution is -2.15. The molecule has 1 unspecified atom stereocenters. The van der Waals surface area contributed by atoms with E-state index in [1.165, 1.54) is 11.3 Å². The molecule has 2 aromatic carbocycles. The summed E-state index contributed by atoms with van der Waals surface area (Å²) in [4.78, 5) is 10.9. The second-order valence-electron chi connectivity index (χ2n) is 8.11. The molecule has 38 heavy (non-hydrogen) atoms. The number of benzene rings is 2. The molecule has 0 saturated heterocycles. The molecular formula is C26H24N4O4S4. The second kappa shape index (κ2) is 11.6. The van der Waals surface area contributed by atoms with E-state index in [1.54, 1.807) is 41.9 Å². The number of anilines is 2. The summed E-state index contributed by atoms with van der Waals surface area (Å²) in [5.41, 5.74) is 4.11. The number of rotatable bonds is 11. The van der Waals surface area contributed by atoms with Crippen molar-refractivity contribution in [2.45, 2.75) is 12.5 Å². The molecule has 0 aliphatic heterocycles. The monoisotopic (exact) mass is 584 g/mol. The zero-order chi connectivity index (χ0) is 26.5. The molecule has 0 bridgehead atoms. The van der Waals surface area contributed by atoms with Gasteiger partial charge < -0.3 is 10.1 Å². The third kappa shape index (κ3) is 6.22. The van der Waals surface area contributed by atoms with Gasteiger partial charge in [0.25, 0.3) is 0 Å². The van der Waals surface area contributed by atoms with E-state index in [1.807, 2.05) is 53.2 Å². The Bertz CT molecular complexity index is 1600. The van der Waals surface area contributed by atoms with Crippen molar-refractivity contribution < 1.29 is 17.3 Å². The highest BCUT2D eigenvalue weighted by Gasteiger charge is 2.20. The summed E-state index contributed by atoms with van der Waals surface area (Å²) in [6.45, 7) is 0. The van der Waals surface area contributed by atoms with E-state index in [4.69, 9.17) is 14.7 Å². The van der Waals surface area contributed by atoms with Gasteiger partial charge in [-0.1, -0.05) is 30.3 Å². The minimum absolute atomic E-state index is 0.154. The molecule has 0 spiro atoms. The molecule has 0 fully saturated rings. The zero-order valence-corrected chi connectivity index (χ0v) is 23.7. The summed E-state index contributed by atoms with van der Waals surface area (Å²) in [7, 11) is -1.06. The molecule has 3 heterocycles. The van der Waals surface area contributed by atoms with Crippen LogP contribution < -0.4 is 14.8 Å². The van der Waals surface area contributed by atoms with Crippen molar-refractivity contribution in [2.24, 2.45) is 0 Å². The van der Waals surface area contributed by atoms with E-state index in [-0.39, 0.29) is 6.04 Å². The zero-order valence-electron chi connectivity index (χ0n) is 20.5. The third-order valence-corrected chi connectivity index (χ3v) is 9.25. The average molecular weight is 585 g/mol. The van der Waals surface area contributed by atoms with Gasteiger partial charge in [-0.25, -0.2) is 9.97 Å². The summed E-state index contributed by atoms with van der Waals surface area (Å²) in [6, 6.07) is 18.9. The smallest absolute Gasteiger partial charge is 0.359 e. The first-order valence-corrected chi connectivity index (χ1v) is 15.5. The maximum Gasteiger partial charge on any atom is 0.359 e. The average Bonchev–Trinajstić information content (AvgIpc) is 3.71. The first-order valence-electron chi connectivity index (χ1n) is 11.5. The van der Waals surface area contributed by atoms with E-state index >= 15 is 0 Å². The molecule has 0 amide bonds. The van der Waals surface area contributed by atoms with Crippen molar-refractivity contribution in [3.8, 4) is 26.9 Å². The van der Waals surface area contributed by atoms with Gasteiger partial charge in [0, 0.05) is 16.3 Å². The van der Waals surface area contributed by atoms with Crippen LogP contribution in [0.5, 0.6) is 5.75 Å². The normalized spacial score (nSPS) is 12.3. The van der Waals surface area contributed by atoms with Crippen LogP contribution in [0.15, 0.2) is 76.8 Å². The van der Waals surface area contributed by atoms with Crippen LogP contribution in [0.3, 0.4) is 0 Å². The number of methoxy groups -OCH3 is 1. The number of ether oxygens (including phenoxy) is 1. The Morgan fingerprint density at radius 1 is 0.921 bits per heavy atom. The Balaban J connectivity index is 1.41. The van der Waals surface area contributed by atoms with Gasteiger partial charge in [0.2, 0.25) is 0 Å². The van der Waals surface area contributed by atoms with Gasteiger partial charge in [0.1, 0.15) is 10.8 Å². The molecule has 196 valence electrons. The number of nitrogens with zero attached hydrogens (tertiary/aromatic N) is 2. The van der Waals surface area contributed by atoms with E-state index in [2.05, 4.69) is 25.7 Å². The van der Waals surface area contributed by atoms with Gasteiger partial charge in [-0.2, -0.15) is 8.42 Å². The lowest BCUT2D eigenvalue weighted by Gasteiger charge is -2.17. The molecule has 3 aromatic heterocycles. The van der Waals surface area contributed by atoms with Crippen molar-refractivity contribution in [1.82, 2.24) is 9.97 Å².